The molecule has 31 heavy (non-hydrogen) atoms. The maximum atomic E-state index is 6.19. The lowest BCUT2D eigenvalue weighted by molar-refractivity contribution is -0.0265. The van der Waals surface area contributed by atoms with E-state index in [2.05, 4.69) is 58.3 Å². The standard InChI is InChI=1S/C23H36N6OS/c1-17-8-10-19(11-9-17)22-20(7-5-13-30-22)15-25-23(24-12-6-14-31-4)26-16-21-28-27-18(2)29(21)3/h8-11,20,22H,5-7,12-16H2,1-4H3,(H2,24,25,26). The zero-order valence-electron chi connectivity index (χ0n) is 19.2. The molecule has 1 fully saturated rings. The van der Waals surface area contributed by atoms with Crippen molar-refractivity contribution in [1.29, 1.82) is 0 Å². The van der Waals surface area contributed by atoms with Crippen molar-refractivity contribution in [2.24, 2.45) is 18.0 Å². The monoisotopic (exact) mass is 444 g/mol. The molecular formula is C23H36N6OS. The predicted molar refractivity (Wildman–Crippen MR) is 128 cm³/mol. The Morgan fingerprint density at radius 2 is 2.03 bits per heavy atom. The van der Waals surface area contributed by atoms with Gasteiger partial charge < -0.3 is 19.9 Å². The van der Waals surface area contributed by atoms with Crippen LogP contribution in [0.3, 0.4) is 0 Å². The van der Waals surface area contributed by atoms with Crippen LogP contribution in [0.5, 0.6) is 0 Å². The van der Waals surface area contributed by atoms with Crippen LogP contribution in [0.1, 0.15) is 48.1 Å². The maximum Gasteiger partial charge on any atom is 0.191 e. The molecule has 2 N–H and O–H groups in total. The first-order chi connectivity index (χ1) is 15.1. The van der Waals surface area contributed by atoms with Gasteiger partial charge in [0.2, 0.25) is 0 Å². The summed E-state index contributed by atoms with van der Waals surface area (Å²) in [5.74, 6) is 4.13. The van der Waals surface area contributed by atoms with E-state index in [0.717, 1.165) is 62.3 Å². The molecule has 0 radical (unpaired) electrons. The maximum absolute atomic E-state index is 6.19. The molecule has 0 saturated carbocycles. The molecule has 7 nitrogen and oxygen atoms in total. The molecule has 0 aliphatic carbocycles. The van der Waals surface area contributed by atoms with Gasteiger partial charge in [0.25, 0.3) is 0 Å². The van der Waals surface area contributed by atoms with Crippen LogP contribution in [0.15, 0.2) is 29.3 Å². The summed E-state index contributed by atoms with van der Waals surface area (Å²) < 4.78 is 8.17. The smallest absolute Gasteiger partial charge is 0.191 e. The summed E-state index contributed by atoms with van der Waals surface area (Å²) in [4.78, 5) is 4.78. The zero-order valence-corrected chi connectivity index (χ0v) is 20.0. The predicted octanol–water partition coefficient (Wildman–Crippen LogP) is 3.39. The van der Waals surface area contributed by atoms with Crippen LogP contribution >= 0.6 is 11.8 Å². The van der Waals surface area contributed by atoms with Gasteiger partial charge in [0.15, 0.2) is 11.8 Å². The molecule has 2 aromatic rings. The number of guanidine groups is 1. The van der Waals surface area contributed by atoms with Gasteiger partial charge in [0.1, 0.15) is 12.4 Å². The van der Waals surface area contributed by atoms with Crippen molar-refractivity contribution in [3.05, 3.63) is 47.0 Å². The second-order valence-electron chi connectivity index (χ2n) is 8.15. The van der Waals surface area contributed by atoms with E-state index < -0.39 is 0 Å². The van der Waals surface area contributed by atoms with Gasteiger partial charge >= 0.3 is 0 Å². The molecule has 3 rings (SSSR count). The van der Waals surface area contributed by atoms with Crippen molar-refractivity contribution < 1.29 is 4.74 Å². The van der Waals surface area contributed by atoms with Gasteiger partial charge in [-0.2, -0.15) is 11.8 Å². The van der Waals surface area contributed by atoms with E-state index >= 15 is 0 Å². The highest BCUT2D eigenvalue weighted by atomic mass is 32.2. The third-order valence-electron chi connectivity index (χ3n) is 5.76. The van der Waals surface area contributed by atoms with Gasteiger partial charge in [0.05, 0.1) is 6.10 Å². The largest absolute Gasteiger partial charge is 0.373 e. The highest BCUT2D eigenvalue weighted by Gasteiger charge is 2.27. The Morgan fingerprint density at radius 1 is 1.23 bits per heavy atom. The number of ether oxygens (including phenoxy) is 1. The third-order valence-corrected chi connectivity index (χ3v) is 6.46. The van der Waals surface area contributed by atoms with Crippen molar-refractivity contribution in [1.82, 2.24) is 25.4 Å². The van der Waals surface area contributed by atoms with E-state index in [1.807, 2.05) is 30.3 Å². The number of nitrogens with one attached hydrogen (secondary N) is 2. The number of aryl methyl sites for hydroxylation is 2. The van der Waals surface area contributed by atoms with Crippen LogP contribution in [0.2, 0.25) is 0 Å². The minimum absolute atomic E-state index is 0.126. The Hall–Kier alpha value is -2.06. The van der Waals surface area contributed by atoms with E-state index in [1.165, 1.54) is 11.1 Å². The van der Waals surface area contributed by atoms with Gasteiger partial charge in [-0.3, -0.25) is 0 Å². The lowest BCUT2D eigenvalue weighted by Gasteiger charge is -2.32. The SMILES string of the molecule is CSCCCNC(=NCc1nnc(C)n1C)NCC1CCCOC1c1ccc(C)cc1. The average molecular weight is 445 g/mol. The molecule has 8 heteroatoms. The fourth-order valence-electron chi connectivity index (χ4n) is 3.74. The molecule has 0 bridgehead atoms. The molecule has 1 aliphatic rings. The van der Waals surface area contributed by atoms with Crippen LogP contribution in [0.25, 0.3) is 0 Å². The number of hydrogen-bond donors (Lipinski definition) is 2. The van der Waals surface area contributed by atoms with Crippen LogP contribution in [0.4, 0.5) is 0 Å². The highest BCUT2D eigenvalue weighted by molar-refractivity contribution is 7.98. The Bertz CT molecular complexity index is 835. The van der Waals surface area contributed by atoms with Crippen LogP contribution < -0.4 is 10.6 Å². The number of aliphatic imine (C=N–C) groups is 1. The molecule has 2 heterocycles. The summed E-state index contributed by atoms with van der Waals surface area (Å²) >= 11 is 1.86. The molecule has 0 amide bonds. The number of hydrogen-bond acceptors (Lipinski definition) is 5. The number of nitrogens with zero attached hydrogens (tertiary/aromatic N) is 4. The molecular weight excluding hydrogens is 408 g/mol. The van der Waals surface area contributed by atoms with Gasteiger partial charge in [-0.1, -0.05) is 29.8 Å². The summed E-state index contributed by atoms with van der Waals surface area (Å²) in [5, 5.41) is 15.4. The number of thioether (sulfide) groups is 1. The number of rotatable bonds is 9. The Morgan fingerprint density at radius 3 is 2.74 bits per heavy atom. The highest BCUT2D eigenvalue weighted by Crippen LogP contribution is 2.33. The van der Waals surface area contributed by atoms with Crippen molar-refractivity contribution in [2.75, 3.05) is 31.7 Å². The van der Waals surface area contributed by atoms with Crippen molar-refractivity contribution in [3.8, 4) is 0 Å². The fourth-order valence-corrected chi connectivity index (χ4v) is 4.17. The first-order valence-corrected chi connectivity index (χ1v) is 12.5. The second-order valence-corrected chi connectivity index (χ2v) is 9.13. The Kier molecular flexibility index (Phi) is 9.21. The minimum atomic E-state index is 0.126. The fraction of sp³-hybridized carbons (Fsp3) is 0.609. The van der Waals surface area contributed by atoms with Gasteiger partial charge in [0, 0.05) is 32.7 Å². The summed E-state index contributed by atoms with van der Waals surface area (Å²) in [6.45, 7) is 7.12. The first-order valence-electron chi connectivity index (χ1n) is 11.1. The summed E-state index contributed by atoms with van der Waals surface area (Å²) in [6.07, 6.45) is 5.61. The summed E-state index contributed by atoms with van der Waals surface area (Å²) in [7, 11) is 1.98. The summed E-state index contributed by atoms with van der Waals surface area (Å²) in [6, 6.07) is 8.73. The Balaban J connectivity index is 1.64. The number of benzene rings is 1. The van der Waals surface area contributed by atoms with Gasteiger partial charge in [-0.25, -0.2) is 4.99 Å². The molecule has 1 aliphatic heterocycles. The average Bonchev–Trinajstić information content (AvgIpc) is 3.11. The van der Waals surface area contributed by atoms with E-state index in [4.69, 9.17) is 9.73 Å². The molecule has 0 spiro atoms. The molecule has 170 valence electrons. The van der Waals surface area contributed by atoms with Crippen LogP contribution in [-0.2, 0) is 18.3 Å². The molecule has 2 atom stereocenters. The topological polar surface area (TPSA) is 76.4 Å². The normalized spacial score (nSPS) is 19.4. The Labute approximate surface area is 190 Å². The van der Waals surface area contributed by atoms with Crippen molar-refractivity contribution >= 4 is 17.7 Å². The van der Waals surface area contributed by atoms with Gasteiger partial charge in [-0.15, -0.1) is 10.2 Å². The quantitative estimate of drug-likeness (QED) is 0.351. The van der Waals surface area contributed by atoms with E-state index in [-0.39, 0.29) is 6.10 Å². The zero-order chi connectivity index (χ0) is 22.1. The van der Waals surface area contributed by atoms with Gasteiger partial charge in [-0.05, 0) is 50.7 Å². The third kappa shape index (κ3) is 6.97. The van der Waals surface area contributed by atoms with Crippen molar-refractivity contribution in [3.63, 3.8) is 0 Å². The summed E-state index contributed by atoms with van der Waals surface area (Å²) in [5.41, 5.74) is 2.54. The van der Waals surface area contributed by atoms with E-state index in [9.17, 15) is 0 Å². The molecule has 2 unspecified atom stereocenters. The number of aromatic nitrogens is 3. The lowest BCUT2D eigenvalue weighted by atomic mass is 9.89. The van der Waals surface area contributed by atoms with Crippen LogP contribution in [0, 0.1) is 19.8 Å². The van der Waals surface area contributed by atoms with E-state index in [1.54, 1.807) is 0 Å². The molecule has 1 saturated heterocycles. The van der Waals surface area contributed by atoms with E-state index in [0.29, 0.717) is 12.5 Å². The second kappa shape index (κ2) is 12.1. The first kappa shape index (κ1) is 23.6. The lowest BCUT2D eigenvalue weighted by Crippen LogP contribution is -2.42. The van der Waals surface area contributed by atoms with Crippen molar-refractivity contribution in [2.45, 2.75) is 45.8 Å². The van der Waals surface area contributed by atoms with Crippen LogP contribution in [-0.4, -0.2) is 52.4 Å². The minimum Gasteiger partial charge on any atom is -0.373 e. The molecule has 1 aromatic carbocycles. The molecule has 1 aromatic heterocycles.